The van der Waals surface area contributed by atoms with E-state index in [9.17, 15) is 9.90 Å². The van der Waals surface area contributed by atoms with E-state index < -0.39 is 5.97 Å². The molecule has 112 valence electrons. The van der Waals surface area contributed by atoms with Gasteiger partial charge in [0.1, 0.15) is 5.15 Å². The molecule has 0 bridgehead atoms. The van der Waals surface area contributed by atoms with E-state index in [1.807, 2.05) is 48.3 Å². The molecule has 0 radical (unpaired) electrons. The number of anilines is 1. The predicted molar refractivity (Wildman–Crippen MR) is 83.1 cm³/mol. The number of hydrogen-bond acceptors (Lipinski definition) is 5. The van der Waals surface area contributed by atoms with Crippen molar-refractivity contribution in [2.24, 2.45) is 0 Å². The highest BCUT2D eigenvalue weighted by atomic mass is 35.5. The van der Waals surface area contributed by atoms with E-state index in [0.29, 0.717) is 5.69 Å². The molecular weight excluding hydrogens is 302 g/mol. The first-order valence-electron chi connectivity index (χ1n) is 6.77. The number of para-hydroxylation sites is 1. The number of halogens is 1. The van der Waals surface area contributed by atoms with Gasteiger partial charge in [0.15, 0.2) is 0 Å². The Morgan fingerprint density at radius 1 is 1.27 bits per heavy atom. The van der Waals surface area contributed by atoms with Crippen LogP contribution < -0.4 is 15.5 Å². The molecule has 0 amide bonds. The second-order valence-corrected chi connectivity index (χ2v) is 5.32. The Labute approximate surface area is 132 Å². The normalized spacial score (nSPS) is 17.5. The van der Waals surface area contributed by atoms with Crippen LogP contribution in [0.15, 0.2) is 48.5 Å². The Morgan fingerprint density at radius 2 is 2.00 bits per heavy atom. The number of carboxylic acid groups (broad SMARTS) is 1. The molecule has 2 heterocycles. The fourth-order valence-corrected chi connectivity index (χ4v) is 2.57. The van der Waals surface area contributed by atoms with Gasteiger partial charge in [-0.3, -0.25) is 5.01 Å². The van der Waals surface area contributed by atoms with Crippen molar-refractivity contribution in [3.05, 3.63) is 65.0 Å². The van der Waals surface area contributed by atoms with Gasteiger partial charge in [-0.05, 0) is 37.3 Å². The van der Waals surface area contributed by atoms with Crippen LogP contribution in [0.5, 0.6) is 0 Å². The van der Waals surface area contributed by atoms with Gasteiger partial charge in [0.05, 0.1) is 23.0 Å². The molecule has 5 nitrogen and oxygen atoms in total. The lowest BCUT2D eigenvalue weighted by atomic mass is 10.2. The summed E-state index contributed by atoms with van der Waals surface area (Å²) in [4.78, 5) is 15.1. The quantitative estimate of drug-likeness (QED) is 0.876. The van der Waals surface area contributed by atoms with Crippen LogP contribution in [0.4, 0.5) is 5.69 Å². The summed E-state index contributed by atoms with van der Waals surface area (Å²) in [6, 6.07) is 12.9. The molecule has 0 spiro atoms. The molecule has 0 saturated carbocycles. The predicted octanol–water partition coefficient (Wildman–Crippen LogP) is 1.85. The Balaban J connectivity index is 2.00. The van der Waals surface area contributed by atoms with Crippen LogP contribution in [-0.2, 0) is 0 Å². The van der Waals surface area contributed by atoms with Crippen LogP contribution in [-0.4, -0.2) is 17.0 Å². The van der Waals surface area contributed by atoms with E-state index in [0.717, 1.165) is 11.4 Å². The fraction of sp³-hybridized carbons (Fsp3) is 0.125. The van der Waals surface area contributed by atoms with E-state index in [2.05, 4.69) is 10.4 Å². The summed E-state index contributed by atoms with van der Waals surface area (Å²) in [5, 5.41) is 12.7. The number of carbonyl (C=O) groups excluding carboxylic acids is 1. The number of aromatic carboxylic acids is 1. The smallest absolute Gasteiger partial charge is 0.138 e. The maximum absolute atomic E-state index is 10.9. The van der Waals surface area contributed by atoms with Crippen molar-refractivity contribution in [3.8, 4) is 0 Å². The standard InChI is InChI=1S/C16H14ClN3O2/c1-10-9-14(20(19-10)11-5-3-2-4-6-11)13-8-7-12(16(21)22)15(17)18-13/h2-10,19H,1H3,(H,21,22)/p-1. The molecule has 1 aromatic carbocycles. The van der Waals surface area contributed by atoms with Gasteiger partial charge >= 0.3 is 0 Å². The minimum Gasteiger partial charge on any atom is -0.545 e. The number of rotatable bonds is 3. The third-order valence-corrected chi connectivity index (χ3v) is 3.62. The monoisotopic (exact) mass is 314 g/mol. The van der Waals surface area contributed by atoms with E-state index >= 15 is 0 Å². The average Bonchev–Trinajstić information content (AvgIpc) is 2.89. The topological polar surface area (TPSA) is 68.3 Å². The molecule has 0 fully saturated rings. The average molecular weight is 315 g/mol. The molecular formula is C16H13ClN3O2-. The molecule has 2 aromatic rings. The van der Waals surface area contributed by atoms with Crippen molar-refractivity contribution in [2.45, 2.75) is 13.0 Å². The minimum absolute atomic E-state index is 0.0778. The van der Waals surface area contributed by atoms with Crippen molar-refractivity contribution >= 4 is 29.0 Å². The molecule has 3 rings (SSSR count). The third-order valence-electron chi connectivity index (χ3n) is 3.33. The Hall–Kier alpha value is -2.37. The molecule has 1 aliphatic heterocycles. The largest absolute Gasteiger partial charge is 0.545 e. The van der Waals surface area contributed by atoms with Crippen molar-refractivity contribution in [3.63, 3.8) is 0 Å². The molecule has 1 aliphatic rings. The number of nitrogens with one attached hydrogen (secondary N) is 1. The van der Waals surface area contributed by atoms with Gasteiger partial charge in [-0.2, -0.15) is 0 Å². The lowest BCUT2D eigenvalue weighted by Gasteiger charge is -2.23. The first kappa shape index (κ1) is 14.6. The molecule has 22 heavy (non-hydrogen) atoms. The molecule has 0 aliphatic carbocycles. The fourth-order valence-electron chi connectivity index (χ4n) is 2.34. The molecule has 0 saturated heterocycles. The van der Waals surface area contributed by atoms with Gasteiger partial charge in [0, 0.05) is 11.6 Å². The first-order valence-corrected chi connectivity index (χ1v) is 7.15. The summed E-state index contributed by atoms with van der Waals surface area (Å²) in [6.45, 7) is 2.01. The van der Waals surface area contributed by atoms with Crippen molar-refractivity contribution in [1.82, 2.24) is 10.4 Å². The van der Waals surface area contributed by atoms with E-state index in [4.69, 9.17) is 11.6 Å². The summed E-state index contributed by atoms with van der Waals surface area (Å²) < 4.78 is 0. The maximum Gasteiger partial charge on any atom is 0.138 e. The Morgan fingerprint density at radius 3 is 2.64 bits per heavy atom. The summed E-state index contributed by atoms with van der Waals surface area (Å²) in [6.07, 6.45) is 2.00. The highest BCUT2D eigenvalue weighted by molar-refractivity contribution is 6.32. The first-order chi connectivity index (χ1) is 10.6. The van der Waals surface area contributed by atoms with Crippen LogP contribution in [0.2, 0.25) is 5.15 Å². The summed E-state index contributed by atoms with van der Waals surface area (Å²) in [7, 11) is 0. The second-order valence-electron chi connectivity index (χ2n) is 4.96. The SMILES string of the molecule is CC1C=C(c2ccc(C(=O)[O-])c(Cl)n2)N(c2ccccc2)N1. The Bertz CT molecular complexity index is 746. The number of benzene rings is 1. The van der Waals surface area contributed by atoms with Crippen molar-refractivity contribution in [2.75, 3.05) is 5.01 Å². The lowest BCUT2D eigenvalue weighted by molar-refractivity contribution is -0.255. The zero-order valence-electron chi connectivity index (χ0n) is 11.8. The molecule has 1 atom stereocenters. The maximum atomic E-state index is 10.9. The van der Waals surface area contributed by atoms with Gasteiger partial charge in [-0.15, -0.1) is 0 Å². The van der Waals surface area contributed by atoms with Gasteiger partial charge in [-0.1, -0.05) is 29.8 Å². The van der Waals surface area contributed by atoms with Crippen LogP contribution in [0, 0.1) is 0 Å². The highest BCUT2D eigenvalue weighted by Gasteiger charge is 2.24. The summed E-state index contributed by atoms with van der Waals surface area (Å²) >= 11 is 5.93. The lowest BCUT2D eigenvalue weighted by Crippen LogP contribution is -2.35. The van der Waals surface area contributed by atoms with Gasteiger partial charge in [0.2, 0.25) is 0 Å². The second kappa shape index (κ2) is 5.79. The van der Waals surface area contributed by atoms with Gasteiger partial charge in [0.25, 0.3) is 0 Å². The zero-order chi connectivity index (χ0) is 15.7. The molecule has 1 unspecified atom stereocenters. The molecule has 1 N–H and O–H groups in total. The highest BCUT2D eigenvalue weighted by Crippen LogP contribution is 2.29. The van der Waals surface area contributed by atoms with Crippen molar-refractivity contribution < 1.29 is 9.90 Å². The minimum atomic E-state index is -1.34. The van der Waals surface area contributed by atoms with Crippen LogP contribution in [0.3, 0.4) is 0 Å². The number of pyridine rings is 1. The molecule has 6 heteroatoms. The van der Waals surface area contributed by atoms with Crippen LogP contribution in [0.1, 0.15) is 23.0 Å². The number of hydrogen-bond donors (Lipinski definition) is 1. The van der Waals surface area contributed by atoms with E-state index in [1.54, 1.807) is 6.07 Å². The number of carbonyl (C=O) groups is 1. The summed E-state index contributed by atoms with van der Waals surface area (Å²) in [5.74, 6) is -1.34. The zero-order valence-corrected chi connectivity index (χ0v) is 12.5. The third kappa shape index (κ3) is 2.68. The number of aromatic nitrogens is 1. The number of carboxylic acids is 1. The van der Waals surface area contributed by atoms with Gasteiger partial charge < -0.3 is 9.90 Å². The van der Waals surface area contributed by atoms with Crippen LogP contribution in [0.25, 0.3) is 5.70 Å². The Kier molecular flexibility index (Phi) is 3.83. The van der Waals surface area contributed by atoms with Crippen LogP contribution >= 0.6 is 11.6 Å². The number of hydrazine groups is 1. The molecule has 1 aromatic heterocycles. The van der Waals surface area contributed by atoms with E-state index in [-0.39, 0.29) is 16.8 Å². The van der Waals surface area contributed by atoms with Crippen molar-refractivity contribution in [1.29, 1.82) is 0 Å². The number of nitrogens with zero attached hydrogens (tertiary/aromatic N) is 2. The van der Waals surface area contributed by atoms with Gasteiger partial charge in [-0.25, -0.2) is 10.4 Å². The van der Waals surface area contributed by atoms with E-state index in [1.165, 1.54) is 6.07 Å². The summed E-state index contributed by atoms with van der Waals surface area (Å²) in [5.41, 5.74) is 5.57.